The van der Waals surface area contributed by atoms with Crippen molar-refractivity contribution in [3.05, 3.63) is 70.3 Å². The second kappa shape index (κ2) is 6.98. The minimum atomic E-state index is -3.33. The Hall–Kier alpha value is -2.80. The van der Waals surface area contributed by atoms with Crippen LogP contribution in [0.3, 0.4) is 0 Å². The topological polar surface area (TPSA) is 71.4 Å². The fourth-order valence-electron chi connectivity index (χ4n) is 3.39. The highest BCUT2D eigenvalue weighted by Crippen LogP contribution is 2.46. The summed E-state index contributed by atoms with van der Waals surface area (Å²) in [5.74, 6) is -4.03. The van der Waals surface area contributed by atoms with Crippen molar-refractivity contribution in [1.82, 2.24) is 0 Å². The zero-order chi connectivity index (χ0) is 20.8. The molecule has 0 saturated carbocycles. The van der Waals surface area contributed by atoms with Crippen LogP contribution in [0.1, 0.15) is 30.5 Å². The first-order valence-electron chi connectivity index (χ1n) is 8.46. The van der Waals surface area contributed by atoms with Gasteiger partial charge in [-0.2, -0.15) is 0 Å². The third-order valence-corrected chi connectivity index (χ3v) is 6.00. The van der Waals surface area contributed by atoms with Gasteiger partial charge in [-0.05, 0) is 77.6 Å². The van der Waals surface area contributed by atoms with E-state index < -0.39 is 33.4 Å². The molecule has 3 rings (SSSR count). The molecule has 0 radical (unpaired) electrons. The molecule has 1 N–H and O–H groups in total. The highest BCUT2D eigenvalue weighted by atomic mass is 32.2. The zero-order valence-electron chi connectivity index (χ0n) is 15.5. The van der Waals surface area contributed by atoms with Crippen LogP contribution >= 0.6 is 0 Å². The predicted molar refractivity (Wildman–Crippen MR) is 103 cm³/mol. The lowest BCUT2D eigenvalue weighted by atomic mass is 9.93. The van der Waals surface area contributed by atoms with E-state index in [2.05, 4.69) is 0 Å². The summed E-state index contributed by atoms with van der Waals surface area (Å²) in [4.78, 5) is 11.7. The summed E-state index contributed by atoms with van der Waals surface area (Å²) < 4.78 is 50.9. The number of carboxylic acids is 1. The summed E-state index contributed by atoms with van der Waals surface area (Å²) in [5, 5.41) is 9.41. The summed E-state index contributed by atoms with van der Waals surface area (Å²) >= 11 is 0. The van der Waals surface area contributed by atoms with E-state index in [-0.39, 0.29) is 4.90 Å². The molecular formula is C21H18F2O4S. The largest absolute Gasteiger partial charge is 0.481 e. The molecule has 7 heteroatoms. The number of carbonyl (C=O) groups is 1. The van der Waals surface area contributed by atoms with Crippen LogP contribution < -0.4 is 0 Å². The van der Waals surface area contributed by atoms with Crippen molar-refractivity contribution in [2.45, 2.75) is 18.7 Å². The van der Waals surface area contributed by atoms with Crippen molar-refractivity contribution in [3.8, 4) is 0 Å². The number of benzene rings is 2. The minimum Gasteiger partial charge on any atom is -0.481 e. The van der Waals surface area contributed by atoms with Crippen molar-refractivity contribution in [2.75, 3.05) is 6.26 Å². The molecule has 0 heterocycles. The molecule has 1 unspecified atom stereocenters. The van der Waals surface area contributed by atoms with Crippen LogP contribution in [0.5, 0.6) is 0 Å². The Labute approximate surface area is 161 Å². The van der Waals surface area contributed by atoms with Gasteiger partial charge in [-0.1, -0.05) is 12.1 Å². The van der Waals surface area contributed by atoms with Gasteiger partial charge in [0.1, 0.15) is 0 Å². The van der Waals surface area contributed by atoms with Gasteiger partial charge in [-0.25, -0.2) is 17.2 Å². The monoisotopic (exact) mass is 404 g/mol. The van der Waals surface area contributed by atoms with Gasteiger partial charge in [0.05, 0.1) is 10.8 Å². The van der Waals surface area contributed by atoms with Crippen LogP contribution in [-0.4, -0.2) is 25.7 Å². The maximum atomic E-state index is 13.9. The Morgan fingerprint density at radius 3 is 2.11 bits per heavy atom. The number of aliphatic carboxylic acids is 1. The van der Waals surface area contributed by atoms with Crippen molar-refractivity contribution < 1.29 is 27.1 Å². The lowest BCUT2D eigenvalue weighted by Gasteiger charge is -2.11. The molecule has 4 nitrogen and oxygen atoms in total. The van der Waals surface area contributed by atoms with Gasteiger partial charge in [-0.3, -0.25) is 4.79 Å². The number of allylic oxidation sites excluding steroid dienone is 2. The smallest absolute Gasteiger partial charge is 0.310 e. The van der Waals surface area contributed by atoms with Crippen molar-refractivity contribution in [1.29, 1.82) is 0 Å². The van der Waals surface area contributed by atoms with Gasteiger partial charge in [0.15, 0.2) is 21.5 Å². The molecule has 0 aromatic heterocycles. The van der Waals surface area contributed by atoms with Crippen molar-refractivity contribution in [2.24, 2.45) is 5.92 Å². The van der Waals surface area contributed by atoms with Gasteiger partial charge in [0.2, 0.25) is 0 Å². The van der Waals surface area contributed by atoms with Gasteiger partial charge < -0.3 is 5.11 Å². The lowest BCUT2D eigenvalue weighted by molar-refractivity contribution is -0.139. The Morgan fingerprint density at radius 2 is 1.61 bits per heavy atom. The molecule has 0 bridgehead atoms. The summed E-state index contributed by atoms with van der Waals surface area (Å²) in [6.45, 7) is 3.21. The van der Waals surface area contributed by atoms with E-state index in [9.17, 15) is 27.1 Å². The first kappa shape index (κ1) is 19.9. The van der Waals surface area contributed by atoms with E-state index in [0.29, 0.717) is 33.4 Å². The quantitative estimate of drug-likeness (QED) is 0.819. The molecule has 1 aliphatic rings. The molecule has 2 aromatic carbocycles. The van der Waals surface area contributed by atoms with Gasteiger partial charge in [0.25, 0.3) is 0 Å². The fourth-order valence-corrected chi connectivity index (χ4v) is 4.02. The third-order valence-electron chi connectivity index (χ3n) is 4.87. The van der Waals surface area contributed by atoms with E-state index in [1.165, 1.54) is 19.1 Å². The van der Waals surface area contributed by atoms with Crippen LogP contribution in [-0.2, 0) is 14.6 Å². The number of halogens is 2. The molecule has 1 atom stereocenters. The van der Waals surface area contributed by atoms with E-state index >= 15 is 0 Å². The number of carboxylic acid groups (broad SMARTS) is 1. The second-order valence-corrected chi connectivity index (χ2v) is 8.83. The zero-order valence-corrected chi connectivity index (χ0v) is 16.3. The number of hydrogen-bond donors (Lipinski definition) is 1. The van der Waals surface area contributed by atoms with Gasteiger partial charge in [-0.15, -0.1) is 0 Å². The summed E-state index contributed by atoms with van der Waals surface area (Å²) in [6, 6.07) is 8.22. The SMILES string of the molecule is CC1=C(C(C)C(=O)O)c2cc(F)c(F)cc2/C1=C/c1ccc(S(C)(=O)=O)cc1. The average Bonchev–Trinajstić information content (AvgIpc) is 2.86. The normalized spacial score (nSPS) is 16.4. The van der Waals surface area contributed by atoms with Crippen LogP contribution in [0.4, 0.5) is 8.78 Å². The minimum absolute atomic E-state index is 0.169. The Balaban J connectivity index is 2.19. The number of rotatable bonds is 4. The fraction of sp³-hybridized carbons (Fsp3) is 0.190. The van der Waals surface area contributed by atoms with Crippen molar-refractivity contribution in [3.63, 3.8) is 0 Å². The molecule has 28 heavy (non-hydrogen) atoms. The molecule has 1 aliphatic carbocycles. The van der Waals surface area contributed by atoms with Crippen LogP contribution in [0, 0.1) is 17.6 Å². The third kappa shape index (κ3) is 3.49. The second-order valence-electron chi connectivity index (χ2n) is 6.81. The molecule has 0 spiro atoms. The average molecular weight is 404 g/mol. The number of sulfone groups is 1. The van der Waals surface area contributed by atoms with E-state index in [1.807, 2.05) is 0 Å². The highest BCUT2D eigenvalue weighted by Gasteiger charge is 2.31. The van der Waals surface area contributed by atoms with E-state index in [4.69, 9.17) is 0 Å². The Kier molecular flexibility index (Phi) is 4.97. The van der Waals surface area contributed by atoms with Crippen molar-refractivity contribution >= 4 is 33.0 Å². The van der Waals surface area contributed by atoms with Crippen LogP contribution in [0.15, 0.2) is 46.9 Å². The van der Waals surface area contributed by atoms with E-state index in [1.54, 1.807) is 25.1 Å². The predicted octanol–water partition coefficient (Wildman–Crippen LogP) is 4.42. The molecule has 146 valence electrons. The van der Waals surface area contributed by atoms with E-state index in [0.717, 1.165) is 18.4 Å². The first-order valence-corrected chi connectivity index (χ1v) is 10.4. The Morgan fingerprint density at radius 1 is 1.07 bits per heavy atom. The number of hydrogen-bond acceptors (Lipinski definition) is 3. The standard InChI is InChI=1S/C21H18F2O4S/c1-11-15(8-13-4-6-14(7-5-13)28(3,26)27)16-9-18(22)19(23)10-17(16)20(11)12(2)21(24)25/h4-10,12H,1-3H3,(H,24,25)/b15-8+. The molecule has 2 aromatic rings. The number of fused-ring (bicyclic) bond motifs is 1. The Bertz CT molecular complexity index is 1140. The van der Waals surface area contributed by atoms with Gasteiger partial charge >= 0.3 is 5.97 Å². The highest BCUT2D eigenvalue weighted by molar-refractivity contribution is 7.90. The lowest BCUT2D eigenvalue weighted by Crippen LogP contribution is -2.11. The summed E-state index contributed by atoms with van der Waals surface area (Å²) in [5.41, 5.74) is 3.03. The van der Waals surface area contributed by atoms with Crippen LogP contribution in [0.2, 0.25) is 0 Å². The first-order chi connectivity index (χ1) is 13.0. The maximum absolute atomic E-state index is 13.9. The molecule has 0 saturated heterocycles. The maximum Gasteiger partial charge on any atom is 0.310 e. The summed E-state index contributed by atoms with van der Waals surface area (Å²) in [7, 11) is -3.33. The molecule has 0 aliphatic heterocycles. The molecule has 0 amide bonds. The van der Waals surface area contributed by atoms with Crippen LogP contribution in [0.25, 0.3) is 17.2 Å². The molecule has 0 fully saturated rings. The summed E-state index contributed by atoms with van der Waals surface area (Å²) in [6.07, 6.45) is 2.82. The molecular weight excluding hydrogens is 386 g/mol. The van der Waals surface area contributed by atoms with Gasteiger partial charge in [0, 0.05) is 6.26 Å².